The van der Waals surface area contributed by atoms with E-state index in [9.17, 15) is 9.59 Å². The normalized spacial score (nSPS) is 19.5. The molecule has 1 aliphatic heterocycles. The molecule has 1 aromatic rings. The molecule has 1 aliphatic rings. The Bertz CT molecular complexity index is 450. The van der Waals surface area contributed by atoms with E-state index in [1.165, 1.54) is 4.90 Å². The van der Waals surface area contributed by atoms with E-state index in [0.29, 0.717) is 13.1 Å². The molecule has 0 unspecified atom stereocenters. The van der Waals surface area contributed by atoms with Crippen molar-refractivity contribution in [2.24, 2.45) is 5.73 Å². The average Bonchev–Trinajstić information content (AvgIpc) is 2.60. The van der Waals surface area contributed by atoms with Crippen LogP contribution in [-0.2, 0) is 16.1 Å². The lowest BCUT2D eigenvalue weighted by Gasteiger charge is -2.20. The Balaban J connectivity index is 1.87. The minimum Gasteiger partial charge on any atom is -0.445 e. The van der Waals surface area contributed by atoms with Crippen molar-refractivity contribution in [3.05, 3.63) is 35.9 Å². The molecule has 1 heterocycles. The fourth-order valence-corrected chi connectivity index (χ4v) is 1.83. The summed E-state index contributed by atoms with van der Waals surface area (Å²) in [5.41, 5.74) is 6.57. The van der Waals surface area contributed by atoms with Crippen LogP contribution >= 0.6 is 0 Å². The van der Waals surface area contributed by atoms with Gasteiger partial charge in [0.15, 0.2) is 0 Å². The first-order valence-corrected chi connectivity index (χ1v) is 6.16. The van der Waals surface area contributed by atoms with Gasteiger partial charge in [-0.25, -0.2) is 4.79 Å². The number of amides is 2. The van der Waals surface area contributed by atoms with Gasteiger partial charge in [0, 0.05) is 19.6 Å². The molecule has 6 nitrogen and oxygen atoms in total. The first-order valence-electron chi connectivity index (χ1n) is 6.16. The van der Waals surface area contributed by atoms with Gasteiger partial charge in [-0.05, 0) is 5.56 Å². The molecule has 0 spiro atoms. The molecule has 1 saturated heterocycles. The van der Waals surface area contributed by atoms with E-state index in [1.807, 2.05) is 30.3 Å². The molecular formula is C13H17N3O3. The fourth-order valence-electron chi connectivity index (χ4n) is 1.83. The van der Waals surface area contributed by atoms with Gasteiger partial charge in [0.2, 0.25) is 5.91 Å². The number of carbonyl (C=O) groups excluding carboxylic acids is 2. The highest BCUT2D eigenvalue weighted by atomic mass is 16.6. The van der Waals surface area contributed by atoms with Crippen LogP contribution in [0.25, 0.3) is 0 Å². The summed E-state index contributed by atoms with van der Waals surface area (Å²) in [4.78, 5) is 24.7. The monoisotopic (exact) mass is 263 g/mol. The Morgan fingerprint density at radius 3 is 2.89 bits per heavy atom. The van der Waals surface area contributed by atoms with Crippen molar-refractivity contribution < 1.29 is 14.3 Å². The van der Waals surface area contributed by atoms with Crippen LogP contribution in [0, 0.1) is 0 Å². The maximum absolute atomic E-state index is 11.9. The van der Waals surface area contributed by atoms with Crippen molar-refractivity contribution in [3.8, 4) is 0 Å². The lowest BCUT2D eigenvalue weighted by molar-refractivity contribution is -0.121. The molecule has 2 amide bonds. The van der Waals surface area contributed by atoms with E-state index in [4.69, 9.17) is 10.5 Å². The topological polar surface area (TPSA) is 84.7 Å². The highest BCUT2D eigenvalue weighted by molar-refractivity contribution is 5.83. The molecule has 1 aromatic carbocycles. The first-order chi connectivity index (χ1) is 9.16. The number of benzene rings is 1. The minimum atomic E-state index is -0.702. The van der Waals surface area contributed by atoms with E-state index >= 15 is 0 Å². The molecule has 102 valence electrons. The van der Waals surface area contributed by atoms with Crippen LogP contribution in [0.3, 0.4) is 0 Å². The van der Waals surface area contributed by atoms with Crippen molar-refractivity contribution in [3.63, 3.8) is 0 Å². The Hall–Kier alpha value is -2.08. The Morgan fingerprint density at radius 2 is 2.16 bits per heavy atom. The molecule has 3 N–H and O–H groups in total. The first kappa shape index (κ1) is 13.4. The summed E-state index contributed by atoms with van der Waals surface area (Å²) in [6, 6.07) is 8.73. The molecule has 0 aromatic heterocycles. The highest BCUT2D eigenvalue weighted by Gasteiger charge is 2.25. The fraction of sp³-hybridized carbons (Fsp3) is 0.385. The predicted octanol–water partition coefficient (Wildman–Crippen LogP) is 0.0823. The number of nitrogens with two attached hydrogens (primary N) is 1. The summed E-state index contributed by atoms with van der Waals surface area (Å²) < 4.78 is 5.20. The van der Waals surface area contributed by atoms with Crippen LogP contribution in [-0.4, -0.2) is 42.6 Å². The molecular weight excluding hydrogens is 246 g/mol. The molecule has 6 heteroatoms. The van der Waals surface area contributed by atoms with E-state index in [1.54, 1.807) is 0 Å². The van der Waals surface area contributed by atoms with Crippen molar-refractivity contribution in [1.82, 2.24) is 10.2 Å². The Morgan fingerprint density at radius 1 is 1.42 bits per heavy atom. The Kier molecular flexibility index (Phi) is 4.35. The van der Waals surface area contributed by atoms with E-state index in [-0.39, 0.29) is 19.1 Å². The van der Waals surface area contributed by atoms with Gasteiger partial charge in [0.1, 0.15) is 12.6 Å². The van der Waals surface area contributed by atoms with Crippen LogP contribution in [0.1, 0.15) is 5.56 Å². The standard InChI is InChI=1S/C13H17N3O3/c14-11-8-16(7-6-15-12(11)17)13(18)19-9-10-4-2-1-3-5-10/h1-5,11H,6-9,14H2,(H,15,17)/t11-/m0/s1. The van der Waals surface area contributed by atoms with Crippen molar-refractivity contribution in [2.75, 3.05) is 19.6 Å². The average molecular weight is 263 g/mol. The number of rotatable bonds is 2. The zero-order valence-corrected chi connectivity index (χ0v) is 10.5. The lowest BCUT2D eigenvalue weighted by Crippen LogP contribution is -2.45. The van der Waals surface area contributed by atoms with Gasteiger partial charge in [0.25, 0.3) is 0 Å². The van der Waals surface area contributed by atoms with E-state index in [0.717, 1.165) is 5.56 Å². The summed E-state index contributed by atoms with van der Waals surface area (Å²) in [5, 5.41) is 2.64. The summed E-state index contributed by atoms with van der Waals surface area (Å²) >= 11 is 0. The summed E-state index contributed by atoms with van der Waals surface area (Å²) in [5.74, 6) is -0.238. The van der Waals surface area contributed by atoms with Crippen LogP contribution in [0.5, 0.6) is 0 Å². The molecule has 0 radical (unpaired) electrons. The highest BCUT2D eigenvalue weighted by Crippen LogP contribution is 2.04. The third-order valence-electron chi connectivity index (χ3n) is 2.90. The number of ether oxygens (including phenoxy) is 1. The molecule has 1 fully saturated rings. The predicted molar refractivity (Wildman–Crippen MR) is 69.2 cm³/mol. The van der Waals surface area contributed by atoms with Gasteiger partial charge in [-0.2, -0.15) is 0 Å². The molecule has 0 bridgehead atoms. The molecule has 0 saturated carbocycles. The van der Waals surface area contributed by atoms with Crippen LogP contribution in [0.2, 0.25) is 0 Å². The van der Waals surface area contributed by atoms with Gasteiger partial charge in [-0.15, -0.1) is 0 Å². The lowest BCUT2D eigenvalue weighted by atomic mass is 10.2. The van der Waals surface area contributed by atoms with Gasteiger partial charge >= 0.3 is 6.09 Å². The molecule has 2 rings (SSSR count). The quantitative estimate of drug-likeness (QED) is 0.791. The second kappa shape index (κ2) is 6.19. The maximum Gasteiger partial charge on any atom is 0.410 e. The third kappa shape index (κ3) is 3.69. The van der Waals surface area contributed by atoms with Crippen molar-refractivity contribution >= 4 is 12.0 Å². The van der Waals surface area contributed by atoms with Crippen molar-refractivity contribution in [2.45, 2.75) is 12.6 Å². The number of hydrogen-bond donors (Lipinski definition) is 2. The SMILES string of the molecule is N[C@H]1CN(C(=O)OCc2ccccc2)CCNC1=O. The molecule has 19 heavy (non-hydrogen) atoms. The van der Waals surface area contributed by atoms with Crippen LogP contribution in [0.4, 0.5) is 4.79 Å². The van der Waals surface area contributed by atoms with Gasteiger partial charge in [-0.1, -0.05) is 30.3 Å². The number of carbonyl (C=O) groups is 2. The van der Waals surface area contributed by atoms with Crippen LogP contribution < -0.4 is 11.1 Å². The number of nitrogens with one attached hydrogen (secondary N) is 1. The minimum absolute atomic E-state index is 0.180. The summed E-state index contributed by atoms with van der Waals surface area (Å²) in [6.07, 6.45) is -0.448. The van der Waals surface area contributed by atoms with Crippen molar-refractivity contribution in [1.29, 1.82) is 0 Å². The summed E-state index contributed by atoms with van der Waals surface area (Å²) in [6.45, 7) is 1.20. The van der Waals surface area contributed by atoms with E-state index < -0.39 is 12.1 Å². The zero-order valence-electron chi connectivity index (χ0n) is 10.5. The van der Waals surface area contributed by atoms with Gasteiger partial charge < -0.3 is 20.7 Å². The largest absolute Gasteiger partial charge is 0.445 e. The van der Waals surface area contributed by atoms with E-state index in [2.05, 4.69) is 5.32 Å². The van der Waals surface area contributed by atoms with Crippen LogP contribution in [0.15, 0.2) is 30.3 Å². The second-order valence-electron chi connectivity index (χ2n) is 4.38. The smallest absolute Gasteiger partial charge is 0.410 e. The summed E-state index contributed by atoms with van der Waals surface area (Å²) in [7, 11) is 0. The number of nitrogens with zero attached hydrogens (tertiary/aromatic N) is 1. The second-order valence-corrected chi connectivity index (χ2v) is 4.38. The van der Waals surface area contributed by atoms with Gasteiger partial charge in [0.05, 0.1) is 0 Å². The molecule has 0 aliphatic carbocycles. The third-order valence-corrected chi connectivity index (χ3v) is 2.90. The van der Waals surface area contributed by atoms with Gasteiger partial charge in [-0.3, -0.25) is 4.79 Å². The number of hydrogen-bond acceptors (Lipinski definition) is 4. The molecule has 1 atom stereocenters. The Labute approximate surface area is 111 Å². The zero-order chi connectivity index (χ0) is 13.7. The maximum atomic E-state index is 11.9.